The molecule has 4 heterocycles. The van der Waals surface area contributed by atoms with Crippen molar-refractivity contribution in [3.63, 3.8) is 0 Å². The molecule has 26 heavy (non-hydrogen) atoms. The van der Waals surface area contributed by atoms with Crippen LogP contribution in [0.1, 0.15) is 23.3 Å². The van der Waals surface area contributed by atoms with Gasteiger partial charge in [0, 0.05) is 23.1 Å². The van der Waals surface area contributed by atoms with Gasteiger partial charge in [-0.2, -0.15) is 5.10 Å². The zero-order valence-electron chi connectivity index (χ0n) is 14.7. The Labute approximate surface area is 156 Å². The highest BCUT2D eigenvalue weighted by Gasteiger charge is 2.23. The van der Waals surface area contributed by atoms with Gasteiger partial charge in [-0.15, -0.1) is 11.3 Å². The molecule has 0 spiro atoms. The average molecular weight is 367 g/mol. The highest BCUT2D eigenvalue weighted by Crippen LogP contribution is 2.38. The Morgan fingerprint density at radius 1 is 1.08 bits per heavy atom. The summed E-state index contributed by atoms with van der Waals surface area (Å²) in [7, 11) is 0. The minimum Gasteiger partial charge on any atom is -0.486 e. The molecule has 2 aliphatic heterocycles. The van der Waals surface area contributed by atoms with Crippen LogP contribution in [0.3, 0.4) is 0 Å². The van der Waals surface area contributed by atoms with Crippen molar-refractivity contribution in [2.24, 2.45) is 0 Å². The monoisotopic (exact) mass is 367 g/mol. The van der Waals surface area contributed by atoms with Crippen LogP contribution in [0, 0.1) is 6.92 Å². The predicted octanol–water partition coefficient (Wildman–Crippen LogP) is 4.43. The van der Waals surface area contributed by atoms with Gasteiger partial charge in [-0.25, -0.2) is 4.68 Å². The second kappa shape index (κ2) is 6.36. The van der Waals surface area contributed by atoms with Gasteiger partial charge in [0.1, 0.15) is 24.7 Å². The van der Waals surface area contributed by atoms with Crippen molar-refractivity contribution in [1.82, 2.24) is 9.78 Å². The zero-order valence-corrected chi connectivity index (χ0v) is 15.6. The van der Waals surface area contributed by atoms with Gasteiger partial charge in [0.05, 0.1) is 10.6 Å². The molecule has 0 atom stereocenters. The molecule has 0 unspecified atom stereocenters. The number of ether oxygens (including phenoxy) is 2. The topological polar surface area (TPSA) is 48.3 Å². The normalized spacial score (nSPS) is 15.9. The van der Waals surface area contributed by atoms with Gasteiger partial charge in [0.15, 0.2) is 11.5 Å². The third-order valence-corrected chi connectivity index (χ3v) is 5.88. The molecule has 5 rings (SSSR count). The van der Waals surface area contributed by atoms with Gasteiger partial charge in [0.25, 0.3) is 0 Å². The number of benzene rings is 1. The average Bonchev–Trinajstić information content (AvgIpc) is 3.16. The van der Waals surface area contributed by atoms with Crippen molar-refractivity contribution in [2.45, 2.75) is 26.2 Å². The van der Waals surface area contributed by atoms with Crippen LogP contribution in [0.25, 0.3) is 16.3 Å². The molecule has 0 bridgehead atoms. The molecule has 2 aromatic heterocycles. The van der Waals surface area contributed by atoms with E-state index in [1.165, 1.54) is 28.2 Å². The predicted molar refractivity (Wildman–Crippen MR) is 104 cm³/mol. The second-order valence-electron chi connectivity index (χ2n) is 6.71. The van der Waals surface area contributed by atoms with Crippen LogP contribution in [0.5, 0.6) is 11.5 Å². The SMILES string of the molecule is Cc1ccc(-c2nn(-c3ccc4c(c3)OCCO4)c3c2CCCCN3)s1. The Hall–Kier alpha value is -2.47. The summed E-state index contributed by atoms with van der Waals surface area (Å²) in [5.74, 6) is 2.71. The largest absolute Gasteiger partial charge is 0.486 e. The maximum Gasteiger partial charge on any atom is 0.163 e. The van der Waals surface area contributed by atoms with Crippen molar-refractivity contribution in [2.75, 3.05) is 25.1 Å². The number of nitrogens with zero attached hydrogens (tertiary/aromatic N) is 2. The summed E-state index contributed by atoms with van der Waals surface area (Å²) in [6, 6.07) is 10.4. The number of thiophene rings is 1. The van der Waals surface area contributed by atoms with Gasteiger partial charge in [-0.05, 0) is 50.5 Å². The van der Waals surface area contributed by atoms with Crippen LogP contribution in [0.15, 0.2) is 30.3 Å². The van der Waals surface area contributed by atoms with E-state index in [0.717, 1.165) is 41.7 Å². The number of aromatic nitrogens is 2. The molecule has 0 fully saturated rings. The number of fused-ring (bicyclic) bond motifs is 2. The van der Waals surface area contributed by atoms with Gasteiger partial charge < -0.3 is 14.8 Å². The fraction of sp³-hybridized carbons (Fsp3) is 0.350. The van der Waals surface area contributed by atoms with E-state index in [2.05, 4.69) is 30.4 Å². The fourth-order valence-corrected chi connectivity index (χ4v) is 4.49. The standard InChI is InChI=1S/C20H21N3O2S/c1-13-5-8-18(26-13)19-15-4-2-3-9-21-20(15)23(22-19)14-6-7-16-17(12-14)25-11-10-24-16/h5-8,12,21H,2-4,9-11H2,1H3. The maximum atomic E-state index is 5.76. The number of anilines is 1. The lowest BCUT2D eigenvalue weighted by Gasteiger charge is -2.19. The molecule has 0 amide bonds. The molecule has 2 aliphatic rings. The Morgan fingerprint density at radius 3 is 2.81 bits per heavy atom. The first-order valence-electron chi connectivity index (χ1n) is 9.12. The van der Waals surface area contributed by atoms with Crippen LogP contribution in [-0.2, 0) is 6.42 Å². The van der Waals surface area contributed by atoms with Crippen molar-refractivity contribution in [3.8, 4) is 27.8 Å². The Kier molecular flexibility index (Phi) is 3.85. The molecule has 134 valence electrons. The number of nitrogens with one attached hydrogen (secondary N) is 1. The first kappa shape index (κ1) is 15.8. The minimum atomic E-state index is 0.589. The van der Waals surface area contributed by atoms with E-state index in [0.29, 0.717) is 13.2 Å². The van der Waals surface area contributed by atoms with Crippen LogP contribution in [0.4, 0.5) is 5.82 Å². The van der Waals surface area contributed by atoms with Crippen LogP contribution < -0.4 is 14.8 Å². The van der Waals surface area contributed by atoms with E-state index in [4.69, 9.17) is 14.6 Å². The summed E-state index contributed by atoms with van der Waals surface area (Å²) in [6.45, 7) is 4.31. The Balaban J connectivity index is 1.66. The molecular weight excluding hydrogens is 346 g/mol. The summed E-state index contributed by atoms with van der Waals surface area (Å²) in [5.41, 5.74) is 3.42. The van der Waals surface area contributed by atoms with Gasteiger partial charge >= 0.3 is 0 Å². The van der Waals surface area contributed by atoms with E-state index in [-0.39, 0.29) is 0 Å². The molecule has 0 radical (unpaired) electrons. The van der Waals surface area contributed by atoms with Crippen molar-refractivity contribution in [1.29, 1.82) is 0 Å². The molecule has 0 saturated heterocycles. The van der Waals surface area contributed by atoms with Crippen LogP contribution in [-0.4, -0.2) is 29.5 Å². The lowest BCUT2D eigenvalue weighted by atomic mass is 10.1. The summed E-state index contributed by atoms with van der Waals surface area (Å²) in [6.07, 6.45) is 3.42. The Bertz CT molecular complexity index is 960. The van der Waals surface area contributed by atoms with E-state index in [1.54, 1.807) is 11.3 Å². The zero-order chi connectivity index (χ0) is 17.5. The van der Waals surface area contributed by atoms with Crippen LogP contribution >= 0.6 is 11.3 Å². The van der Waals surface area contributed by atoms with E-state index < -0.39 is 0 Å². The lowest BCUT2D eigenvalue weighted by molar-refractivity contribution is 0.171. The highest BCUT2D eigenvalue weighted by atomic mass is 32.1. The smallest absolute Gasteiger partial charge is 0.163 e. The van der Waals surface area contributed by atoms with Gasteiger partial charge in [0.2, 0.25) is 0 Å². The summed E-state index contributed by atoms with van der Waals surface area (Å²) in [4.78, 5) is 2.54. The molecular formula is C20H21N3O2S. The number of hydrogen-bond acceptors (Lipinski definition) is 5. The summed E-state index contributed by atoms with van der Waals surface area (Å²) < 4.78 is 13.5. The van der Waals surface area contributed by atoms with Crippen molar-refractivity contribution in [3.05, 3.63) is 40.8 Å². The van der Waals surface area contributed by atoms with Crippen LogP contribution in [0.2, 0.25) is 0 Å². The second-order valence-corrected chi connectivity index (χ2v) is 8.00. The van der Waals surface area contributed by atoms with Crippen molar-refractivity contribution >= 4 is 17.2 Å². The molecule has 6 heteroatoms. The first-order chi connectivity index (χ1) is 12.8. The summed E-state index contributed by atoms with van der Waals surface area (Å²) in [5, 5.41) is 8.61. The molecule has 0 saturated carbocycles. The number of rotatable bonds is 2. The third-order valence-electron chi connectivity index (χ3n) is 4.87. The third kappa shape index (κ3) is 2.65. The molecule has 3 aromatic rings. The highest BCUT2D eigenvalue weighted by molar-refractivity contribution is 7.15. The van der Waals surface area contributed by atoms with Gasteiger partial charge in [-0.3, -0.25) is 0 Å². The molecule has 5 nitrogen and oxygen atoms in total. The molecule has 1 N–H and O–H groups in total. The first-order valence-corrected chi connectivity index (χ1v) is 9.94. The van der Waals surface area contributed by atoms with E-state index in [1.807, 2.05) is 16.8 Å². The van der Waals surface area contributed by atoms with Gasteiger partial charge in [-0.1, -0.05) is 0 Å². The Morgan fingerprint density at radius 2 is 1.96 bits per heavy atom. The quantitative estimate of drug-likeness (QED) is 0.728. The maximum absolute atomic E-state index is 5.76. The van der Waals surface area contributed by atoms with E-state index >= 15 is 0 Å². The molecule has 1 aromatic carbocycles. The van der Waals surface area contributed by atoms with Crippen molar-refractivity contribution < 1.29 is 9.47 Å². The summed E-state index contributed by atoms with van der Waals surface area (Å²) >= 11 is 1.80. The fourth-order valence-electron chi connectivity index (χ4n) is 3.61. The molecule has 0 aliphatic carbocycles. The number of aryl methyl sites for hydroxylation is 1. The van der Waals surface area contributed by atoms with E-state index in [9.17, 15) is 0 Å². The minimum absolute atomic E-state index is 0.589. The lowest BCUT2D eigenvalue weighted by Crippen LogP contribution is -2.15. The number of hydrogen-bond donors (Lipinski definition) is 1.